The number of benzene rings is 1. The minimum atomic E-state index is -3.32. The van der Waals surface area contributed by atoms with Gasteiger partial charge in [-0.15, -0.1) is 0 Å². The van der Waals surface area contributed by atoms with Gasteiger partial charge in [-0.05, 0) is 72.2 Å². The van der Waals surface area contributed by atoms with E-state index in [2.05, 4.69) is 14.5 Å². The molecule has 1 aliphatic heterocycles. The van der Waals surface area contributed by atoms with Crippen LogP contribution in [0, 0.1) is 0 Å². The Bertz CT molecular complexity index is 1290. The second-order valence-electron chi connectivity index (χ2n) is 10.9. The number of hydrogen-bond acceptors (Lipinski definition) is 7. The summed E-state index contributed by atoms with van der Waals surface area (Å²) in [6.45, 7) is 15.7. The first-order valence-electron chi connectivity index (χ1n) is 12.8. The second-order valence-corrected chi connectivity index (χ2v) is 12.6. The Balaban J connectivity index is 1.59. The van der Waals surface area contributed by atoms with Crippen LogP contribution in [0.3, 0.4) is 0 Å². The fourth-order valence-corrected chi connectivity index (χ4v) is 5.13. The molecule has 206 valence electrons. The molecular weight excluding hydrogens is 494 g/mol. The Hall–Kier alpha value is -2.79. The Labute approximate surface area is 219 Å². The van der Waals surface area contributed by atoms with E-state index in [1.807, 2.05) is 41.5 Å². The van der Waals surface area contributed by atoms with Crippen LogP contribution in [-0.2, 0) is 10.0 Å². The van der Waals surface area contributed by atoms with Crippen LogP contribution in [0.15, 0.2) is 39.9 Å². The fourth-order valence-electron chi connectivity index (χ4n) is 4.57. The molecule has 1 aliphatic rings. The van der Waals surface area contributed by atoms with Gasteiger partial charge in [-0.1, -0.05) is 0 Å². The second kappa shape index (κ2) is 11.3. The summed E-state index contributed by atoms with van der Waals surface area (Å²) in [5.74, 6) is 1.37. The Morgan fingerprint density at radius 2 is 1.51 bits per heavy atom. The van der Waals surface area contributed by atoms with Crippen LogP contribution in [0.5, 0.6) is 5.75 Å². The summed E-state index contributed by atoms with van der Waals surface area (Å²) in [7, 11) is -3.32. The zero-order valence-corrected chi connectivity index (χ0v) is 23.8. The number of aromatic nitrogens is 2. The molecule has 1 aromatic carbocycles. The minimum Gasteiger partial charge on any atom is -0.488 e. The lowest BCUT2D eigenvalue weighted by Crippen LogP contribution is -2.51. The fraction of sp³-hybridized carbons (Fsp3) is 0.615. The quantitative estimate of drug-likeness (QED) is 0.499. The zero-order valence-electron chi connectivity index (χ0n) is 23.0. The van der Waals surface area contributed by atoms with E-state index in [-0.39, 0.29) is 23.3 Å². The largest absolute Gasteiger partial charge is 0.488 e. The average Bonchev–Trinajstić information content (AvgIpc) is 2.77. The highest BCUT2D eigenvalue weighted by atomic mass is 32.2. The molecule has 1 N–H and O–H groups in total. The maximum Gasteiger partial charge on any atom is 0.333 e. The lowest BCUT2D eigenvalue weighted by Gasteiger charge is -2.38. The van der Waals surface area contributed by atoms with E-state index in [1.165, 1.54) is 4.57 Å². The molecule has 0 amide bonds. The van der Waals surface area contributed by atoms with E-state index >= 15 is 0 Å². The van der Waals surface area contributed by atoms with Crippen LogP contribution < -0.4 is 25.6 Å². The lowest BCUT2D eigenvalue weighted by molar-refractivity contribution is 0.0821. The van der Waals surface area contributed by atoms with E-state index in [0.717, 1.165) is 45.4 Å². The number of nitrogens with zero attached hydrogens (tertiary/aromatic N) is 4. The Morgan fingerprint density at radius 3 is 2.03 bits per heavy atom. The molecule has 0 spiro atoms. The molecule has 0 saturated carbocycles. The number of ether oxygens (including phenoxy) is 1. The minimum absolute atomic E-state index is 0.0553. The van der Waals surface area contributed by atoms with Gasteiger partial charge in [0.15, 0.2) is 0 Å². The predicted molar refractivity (Wildman–Crippen MR) is 149 cm³/mol. The zero-order chi connectivity index (χ0) is 27.5. The molecule has 0 unspecified atom stereocenters. The van der Waals surface area contributed by atoms with Crippen molar-refractivity contribution in [1.82, 2.24) is 14.0 Å². The molecule has 0 atom stereocenters. The van der Waals surface area contributed by atoms with Crippen LogP contribution in [-0.4, -0.2) is 67.0 Å². The lowest BCUT2D eigenvalue weighted by atomic mass is 10.0. The van der Waals surface area contributed by atoms with Crippen molar-refractivity contribution < 1.29 is 13.2 Å². The van der Waals surface area contributed by atoms with Crippen LogP contribution in [0.4, 0.5) is 11.5 Å². The molecule has 3 rings (SSSR count). The number of hydrogen-bond donors (Lipinski definition) is 1. The molecular formula is C26H41N5O5S. The molecule has 10 nitrogen and oxygen atoms in total. The number of sulfonamides is 1. The number of rotatable bonds is 10. The summed E-state index contributed by atoms with van der Waals surface area (Å²) in [6.07, 6.45) is 1.92. The average molecular weight is 536 g/mol. The van der Waals surface area contributed by atoms with Gasteiger partial charge in [0.2, 0.25) is 10.0 Å². The third-order valence-corrected chi connectivity index (χ3v) is 7.07. The van der Waals surface area contributed by atoms with Crippen LogP contribution in [0.25, 0.3) is 0 Å². The molecule has 0 bridgehead atoms. The van der Waals surface area contributed by atoms with Crippen LogP contribution in [0.2, 0.25) is 0 Å². The van der Waals surface area contributed by atoms with Gasteiger partial charge in [-0.3, -0.25) is 23.6 Å². The van der Waals surface area contributed by atoms with Gasteiger partial charge >= 0.3 is 5.69 Å². The Kier molecular flexibility index (Phi) is 8.79. The van der Waals surface area contributed by atoms with Crippen molar-refractivity contribution in [2.45, 2.75) is 65.6 Å². The number of piperazine rings is 1. The van der Waals surface area contributed by atoms with Gasteiger partial charge < -0.3 is 9.64 Å². The van der Waals surface area contributed by atoms with Crippen molar-refractivity contribution in [2.24, 2.45) is 0 Å². The third-order valence-electron chi connectivity index (χ3n) is 6.46. The summed E-state index contributed by atoms with van der Waals surface area (Å²) in [5.41, 5.74) is -0.431. The standard InChI is InChI=1S/C26H41N5O5S/c1-19(2)30-23(18-24(32)31(20(3)4)25(30)33)29-16-14-28(15-17-29)13-12-26(5,6)36-22-10-8-21(9-11-22)27-37(7,34)35/h8-11,18-20,27H,12-17H2,1-7H3. The van der Waals surface area contributed by atoms with E-state index in [9.17, 15) is 18.0 Å². The monoisotopic (exact) mass is 535 g/mol. The van der Waals surface area contributed by atoms with Gasteiger partial charge in [0.1, 0.15) is 17.2 Å². The summed E-state index contributed by atoms with van der Waals surface area (Å²) in [6, 6.07) is 8.24. The topological polar surface area (TPSA) is 106 Å². The molecule has 0 aliphatic carbocycles. The molecule has 37 heavy (non-hydrogen) atoms. The predicted octanol–water partition coefficient (Wildman–Crippen LogP) is 2.91. The van der Waals surface area contributed by atoms with Crippen molar-refractivity contribution in [2.75, 3.05) is 48.6 Å². The molecule has 0 radical (unpaired) electrons. The highest BCUT2D eigenvalue weighted by molar-refractivity contribution is 7.92. The molecule has 1 aromatic heterocycles. The highest BCUT2D eigenvalue weighted by Crippen LogP contribution is 2.24. The van der Waals surface area contributed by atoms with E-state index in [0.29, 0.717) is 17.3 Å². The molecule has 2 heterocycles. The van der Waals surface area contributed by atoms with E-state index in [1.54, 1.807) is 34.9 Å². The SMILES string of the molecule is CC(C)n1c(N2CCN(CCC(C)(C)Oc3ccc(NS(C)(=O)=O)cc3)CC2)cc(=O)n(C(C)C)c1=O. The van der Waals surface area contributed by atoms with Crippen molar-refractivity contribution >= 4 is 21.5 Å². The first-order chi connectivity index (χ1) is 17.2. The summed E-state index contributed by atoms with van der Waals surface area (Å²) < 4.78 is 34.4. The van der Waals surface area contributed by atoms with Crippen LogP contribution >= 0.6 is 0 Å². The maximum absolute atomic E-state index is 13.1. The smallest absolute Gasteiger partial charge is 0.333 e. The Morgan fingerprint density at radius 1 is 0.946 bits per heavy atom. The van der Waals surface area contributed by atoms with Gasteiger partial charge in [0.25, 0.3) is 5.56 Å². The van der Waals surface area contributed by atoms with Gasteiger partial charge in [-0.25, -0.2) is 13.2 Å². The first kappa shape index (κ1) is 28.8. The summed E-state index contributed by atoms with van der Waals surface area (Å²) >= 11 is 0. The number of nitrogens with one attached hydrogen (secondary N) is 1. The van der Waals surface area contributed by atoms with Crippen LogP contribution in [0.1, 0.15) is 60.0 Å². The molecule has 11 heteroatoms. The number of anilines is 2. The van der Waals surface area contributed by atoms with Crippen molar-refractivity contribution in [3.63, 3.8) is 0 Å². The van der Waals surface area contributed by atoms with Crippen molar-refractivity contribution in [3.8, 4) is 5.75 Å². The third kappa shape index (κ3) is 7.61. The van der Waals surface area contributed by atoms with Gasteiger partial charge in [0.05, 0.1) is 6.26 Å². The highest BCUT2D eigenvalue weighted by Gasteiger charge is 2.26. The summed E-state index contributed by atoms with van der Waals surface area (Å²) in [5, 5.41) is 0. The molecule has 1 saturated heterocycles. The molecule has 1 fully saturated rings. The normalized spacial score (nSPS) is 15.4. The first-order valence-corrected chi connectivity index (χ1v) is 14.7. The van der Waals surface area contributed by atoms with Crippen molar-refractivity contribution in [3.05, 3.63) is 51.2 Å². The summed E-state index contributed by atoms with van der Waals surface area (Å²) in [4.78, 5) is 30.3. The van der Waals surface area contributed by atoms with Gasteiger partial charge in [0, 0.05) is 56.6 Å². The van der Waals surface area contributed by atoms with Crippen molar-refractivity contribution in [1.29, 1.82) is 0 Å². The molecule has 2 aromatic rings. The van der Waals surface area contributed by atoms with E-state index in [4.69, 9.17) is 4.74 Å². The van der Waals surface area contributed by atoms with Gasteiger partial charge in [-0.2, -0.15) is 0 Å². The van der Waals surface area contributed by atoms with E-state index < -0.39 is 15.6 Å². The maximum atomic E-state index is 13.1.